The van der Waals surface area contributed by atoms with Crippen molar-refractivity contribution in [2.45, 2.75) is 33.7 Å². The van der Waals surface area contributed by atoms with Crippen molar-refractivity contribution in [2.24, 2.45) is 0 Å². The van der Waals surface area contributed by atoms with Crippen LogP contribution in [0.3, 0.4) is 0 Å². The molecule has 0 aliphatic rings. The van der Waals surface area contributed by atoms with Crippen LogP contribution in [0.15, 0.2) is 36.4 Å². The van der Waals surface area contributed by atoms with E-state index < -0.39 is 0 Å². The van der Waals surface area contributed by atoms with Gasteiger partial charge < -0.3 is 5.32 Å². The minimum Gasteiger partial charge on any atom is -0.313 e. The van der Waals surface area contributed by atoms with Crippen LogP contribution in [0.2, 0.25) is 0 Å². The van der Waals surface area contributed by atoms with Crippen LogP contribution in [0.5, 0.6) is 0 Å². The van der Waals surface area contributed by atoms with Gasteiger partial charge in [-0.25, -0.2) is 4.39 Å². The van der Waals surface area contributed by atoms with Gasteiger partial charge in [-0.2, -0.15) is 0 Å². The molecule has 2 aromatic rings. The second-order valence-electron chi connectivity index (χ2n) is 5.30. The summed E-state index contributed by atoms with van der Waals surface area (Å²) in [6.07, 6.45) is 1.08. The first-order valence-corrected chi connectivity index (χ1v) is 7.18. The van der Waals surface area contributed by atoms with Gasteiger partial charge in [-0.15, -0.1) is 0 Å². The Balaban J connectivity index is 2.39. The molecule has 2 aromatic carbocycles. The van der Waals surface area contributed by atoms with Gasteiger partial charge in [-0.05, 0) is 61.2 Å². The van der Waals surface area contributed by atoms with E-state index in [9.17, 15) is 4.39 Å². The van der Waals surface area contributed by atoms with Crippen LogP contribution in [0.25, 0.3) is 11.1 Å². The van der Waals surface area contributed by atoms with Crippen LogP contribution >= 0.6 is 0 Å². The highest BCUT2D eigenvalue weighted by atomic mass is 19.1. The largest absolute Gasteiger partial charge is 0.313 e. The summed E-state index contributed by atoms with van der Waals surface area (Å²) in [4.78, 5) is 0. The van der Waals surface area contributed by atoms with Crippen molar-refractivity contribution in [1.82, 2.24) is 5.32 Å². The quantitative estimate of drug-likeness (QED) is 0.783. The summed E-state index contributed by atoms with van der Waals surface area (Å²) in [7, 11) is 0. The highest BCUT2D eigenvalue weighted by molar-refractivity contribution is 5.71. The molecule has 0 unspecified atom stereocenters. The number of aryl methyl sites for hydroxylation is 2. The number of hydrogen-bond donors (Lipinski definition) is 1. The first kappa shape index (κ1) is 14.7. The summed E-state index contributed by atoms with van der Waals surface area (Å²) in [5, 5.41) is 3.35. The molecular formula is C18H22FN. The molecule has 0 radical (unpaired) electrons. The zero-order valence-corrected chi connectivity index (χ0v) is 12.5. The molecule has 2 heteroatoms. The summed E-state index contributed by atoms with van der Waals surface area (Å²) in [6, 6.07) is 11.5. The van der Waals surface area contributed by atoms with E-state index in [0.29, 0.717) is 6.54 Å². The molecule has 0 atom stereocenters. The number of rotatable bonds is 5. The van der Waals surface area contributed by atoms with Crippen LogP contribution in [0.1, 0.15) is 30.0 Å². The van der Waals surface area contributed by atoms with Crippen LogP contribution in [0.4, 0.5) is 4.39 Å². The molecule has 1 nitrogen and oxygen atoms in total. The van der Waals surface area contributed by atoms with Crippen molar-refractivity contribution in [3.63, 3.8) is 0 Å². The van der Waals surface area contributed by atoms with Crippen molar-refractivity contribution >= 4 is 0 Å². The van der Waals surface area contributed by atoms with E-state index in [1.165, 1.54) is 22.8 Å². The Bertz CT molecular complexity index is 590. The normalized spacial score (nSPS) is 10.8. The van der Waals surface area contributed by atoms with Crippen molar-refractivity contribution in [2.75, 3.05) is 6.54 Å². The molecule has 0 aliphatic carbocycles. The summed E-state index contributed by atoms with van der Waals surface area (Å²) < 4.78 is 13.5. The predicted octanol–water partition coefficient (Wildman–Crippen LogP) is 4.61. The SMILES string of the molecule is CCCNCc1cc(F)ccc1-c1ccc(C)cc1C. The molecule has 0 fully saturated rings. The molecule has 1 N–H and O–H groups in total. The van der Waals surface area contributed by atoms with Gasteiger partial charge in [0.05, 0.1) is 0 Å². The maximum Gasteiger partial charge on any atom is 0.123 e. The van der Waals surface area contributed by atoms with Gasteiger partial charge in [0.1, 0.15) is 5.82 Å². The monoisotopic (exact) mass is 271 g/mol. The van der Waals surface area contributed by atoms with Crippen molar-refractivity contribution in [3.8, 4) is 11.1 Å². The third kappa shape index (κ3) is 3.45. The first-order valence-electron chi connectivity index (χ1n) is 7.18. The summed E-state index contributed by atoms with van der Waals surface area (Å²) >= 11 is 0. The molecule has 106 valence electrons. The Morgan fingerprint density at radius 1 is 1.00 bits per heavy atom. The van der Waals surface area contributed by atoms with Gasteiger partial charge in [0, 0.05) is 6.54 Å². The Kier molecular flexibility index (Phi) is 4.91. The highest BCUT2D eigenvalue weighted by Gasteiger charge is 2.09. The smallest absolute Gasteiger partial charge is 0.123 e. The van der Waals surface area contributed by atoms with Crippen LogP contribution in [0, 0.1) is 19.7 Å². The molecule has 0 spiro atoms. The van der Waals surface area contributed by atoms with Gasteiger partial charge in [0.2, 0.25) is 0 Å². The fraction of sp³-hybridized carbons (Fsp3) is 0.333. The Hall–Kier alpha value is -1.67. The van der Waals surface area contributed by atoms with E-state index in [0.717, 1.165) is 24.1 Å². The van der Waals surface area contributed by atoms with E-state index in [4.69, 9.17) is 0 Å². The van der Waals surface area contributed by atoms with Crippen LogP contribution in [-0.2, 0) is 6.54 Å². The van der Waals surface area contributed by atoms with Crippen molar-refractivity contribution in [1.29, 1.82) is 0 Å². The van der Waals surface area contributed by atoms with Gasteiger partial charge in [0.25, 0.3) is 0 Å². The zero-order valence-electron chi connectivity index (χ0n) is 12.5. The Morgan fingerprint density at radius 3 is 2.45 bits per heavy atom. The Morgan fingerprint density at radius 2 is 1.75 bits per heavy atom. The lowest BCUT2D eigenvalue weighted by Crippen LogP contribution is -2.14. The predicted molar refractivity (Wildman–Crippen MR) is 83.3 cm³/mol. The molecule has 0 amide bonds. The molecular weight excluding hydrogens is 249 g/mol. The van der Waals surface area contributed by atoms with E-state index in [1.54, 1.807) is 6.07 Å². The first-order chi connectivity index (χ1) is 9.61. The summed E-state index contributed by atoms with van der Waals surface area (Å²) in [6.45, 7) is 7.97. The second-order valence-corrected chi connectivity index (χ2v) is 5.30. The molecule has 0 aliphatic heterocycles. The lowest BCUT2D eigenvalue weighted by Gasteiger charge is -2.13. The van der Waals surface area contributed by atoms with Crippen molar-refractivity contribution in [3.05, 3.63) is 58.9 Å². The zero-order chi connectivity index (χ0) is 14.5. The van der Waals surface area contributed by atoms with Crippen molar-refractivity contribution < 1.29 is 4.39 Å². The van der Waals surface area contributed by atoms with E-state index in [-0.39, 0.29) is 5.82 Å². The average molecular weight is 271 g/mol. The number of hydrogen-bond acceptors (Lipinski definition) is 1. The number of benzene rings is 2. The molecule has 0 saturated heterocycles. The van der Waals surface area contributed by atoms with Crippen LogP contribution < -0.4 is 5.32 Å². The number of nitrogens with one attached hydrogen (secondary N) is 1. The molecule has 0 saturated carbocycles. The Labute approximate surface area is 120 Å². The third-order valence-electron chi connectivity index (χ3n) is 3.48. The van der Waals surface area contributed by atoms with Gasteiger partial charge in [-0.3, -0.25) is 0 Å². The lowest BCUT2D eigenvalue weighted by atomic mass is 9.94. The van der Waals surface area contributed by atoms with Gasteiger partial charge in [0.15, 0.2) is 0 Å². The fourth-order valence-corrected chi connectivity index (χ4v) is 2.49. The maximum absolute atomic E-state index is 13.5. The fourth-order valence-electron chi connectivity index (χ4n) is 2.49. The average Bonchev–Trinajstić information content (AvgIpc) is 2.40. The van der Waals surface area contributed by atoms with Gasteiger partial charge >= 0.3 is 0 Å². The minimum absolute atomic E-state index is 0.174. The minimum atomic E-state index is -0.174. The maximum atomic E-state index is 13.5. The topological polar surface area (TPSA) is 12.0 Å². The second kappa shape index (κ2) is 6.67. The summed E-state index contributed by atoms with van der Waals surface area (Å²) in [5.41, 5.74) is 5.80. The van der Waals surface area contributed by atoms with Crippen LogP contribution in [-0.4, -0.2) is 6.54 Å². The lowest BCUT2D eigenvalue weighted by molar-refractivity contribution is 0.619. The molecule has 20 heavy (non-hydrogen) atoms. The van der Waals surface area contributed by atoms with Gasteiger partial charge in [-0.1, -0.05) is 36.8 Å². The standard InChI is InChI=1S/C18H22FN/c1-4-9-20-12-15-11-16(19)6-8-18(15)17-7-5-13(2)10-14(17)3/h5-8,10-11,20H,4,9,12H2,1-3H3. The molecule has 0 heterocycles. The van der Waals surface area contributed by atoms with E-state index >= 15 is 0 Å². The third-order valence-corrected chi connectivity index (χ3v) is 3.48. The molecule has 0 aromatic heterocycles. The molecule has 2 rings (SSSR count). The summed E-state index contributed by atoms with van der Waals surface area (Å²) in [5.74, 6) is -0.174. The molecule has 0 bridgehead atoms. The van der Waals surface area contributed by atoms with E-state index in [1.807, 2.05) is 6.07 Å². The van der Waals surface area contributed by atoms with E-state index in [2.05, 4.69) is 44.3 Å². The number of halogens is 1. The highest BCUT2D eigenvalue weighted by Crippen LogP contribution is 2.28.